The second kappa shape index (κ2) is 5.81. The fraction of sp³-hybridized carbons (Fsp3) is 0.118. The molecule has 21 heavy (non-hydrogen) atoms. The molecule has 0 radical (unpaired) electrons. The van der Waals surface area contributed by atoms with Crippen molar-refractivity contribution in [2.75, 3.05) is 5.32 Å². The van der Waals surface area contributed by atoms with Crippen molar-refractivity contribution in [2.24, 2.45) is 5.73 Å². The maximum atomic E-state index is 9.63. The zero-order valence-corrected chi connectivity index (χ0v) is 11.6. The Morgan fingerprint density at radius 3 is 2.52 bits per heavy atom. The second-order valence-electron chi connectivity index (χ2n) is 4.94. The first-order valence-corrected chi connectivity index (χ1v) is 6.86. The number of anilines is 1. The van der Waals surface area contributed by atoms with Gasteiger partial charge in [0, 0.05) is 24.7 Å². The molecule has 0 aliphatic carbocycles. The lowest BCUT2D eigenvalue weighted by molar-refractivity contribution is 0.476. The number of pyridine rings is 1. The van der Waals surface area contributed by atoms with E-state index in [1.54, 1.807) is 18.3 Å². The lowest BCUT2D eigenvalue weighted by atomic mass is 10.1. The number of aromatic hydroxyl groups is 1. The maximum Gasteiger partial charge on any atom is 0.134 e. The second-order valence-corrected chi connectivity index (χ2v) is 4.94. The molecule has 0 aliphatic heterocycles. The Labute approximate surface area is 123 Å². The monoisotopic (exact) mass is 279 g/mol. The van der Waals surface area contributed by atoms with Crippen molar-refractivity contribution in [3.8, 4) is 5.75 Å². The minimum absolute atomic E-state index is 0.242. The number of hydrogen-bond acceptors (Lipinski definition) is 4. The van der Waals surface area contributed by atoms with Crippen LogP contribution in [-0.4, -0.2) is 10.1 Å². The van der Waals surface area contributed by atoms with Crippen molar-refractivity contribution in [1.82, 2.24) is 4.98 Å². The minimum atomic E-state index is 0.242. The normalized spacial score (nSPS) is 10.7. The molecule has 0 atom stereocenters. The van der Waals surface area contributed by atoms with E-state index in [-0.39, 0.29) is 5.75 Å². The van der Waals surface area contributed by atoms with E-state index < -0.39 is 0 Å². The molecule has 4 heteroatoms. The number of rotatable bonds is 4. The molecule has 106 valence electrons. The first kappa shape index (κ1) is 13.4. The number of benzene rings is 2. The summed E-state index contributed by atoms with van der Waals surface area (Å²) in [6.45, 7) is 1.23. The molecule has 0 spiro atoms. The number of hydrogen-bond donors (Lipinski definition) is 3. The molecular weight excluding hydrogens is 262 g/mol. The van der Waals surface area contributed by atoms with Crippen molar-refractivity contribution in [2.45, 2.75) is 13.1 Å². The summed E-state index contributed by atoms with van der Waals surface area (Å²) < 4.78 is 0. The Bertz CT molecular complexity index is 754. The number of aromatic nitrogens is 1. The smallest absolute Gasteiger partial charge is 0.134 e. The molecule has 0 unspecified atom stereocenters. The average Bonchev–Trinajstić information content (AvgIpc) is 2.53. The van der Waals surface area contributed by atoms with Gasteiger partial charge in [-0.15, -0.1) is 0 Å². The van der Waals surface area contributed by atoms with Crippen LogP contribution in [0.5, 0.6) is 5.75 Å². The van der Waals surface area contributed by atoms with Crippen LogP contribution in [0.15, 0.2) is 54.7 Å². The van der Waals surface area contributed by atoms with Gasteiger partial charge in [0.15, 0.2) is 0 Å². The van der Waals surface area contributed by atoms with Crippen LogP contribution in [0, 0.1) is 0 Å². The summed E-state index contributed by atoms with van der Waals surface area (Å²) in [6, 6.07) is 15.4. The molecule has 4 nitrogen and oxygen atoms in total. The predicted octanol–water partition coefficient (Wildman–Crippen LogP) is 3.01. The third-order valence-corrected chi connectivity index (χ3v) is 3.47. The van der Waals surface area contributed by atoms with E-state index in [1.165, 1.54) is 0 Å². The van der Waals surface area contributed by atoms with E-state index >= 15 is 0 Å². The first-order valence-electron chi connectivity index (χ1n) is 6.86. The highest BCUT2D eigenvalue weighted by atomic mass is 16.3. The van der Waals surface area contributed by atoms with E-state index in [4.69, 9.17) is 5.73 Å². The summed E-state index contributed by atoms with van der Waals surface area (Å²) in [5, 5.41) is 14.9. The predicted molar refractivity (Wildman–Crippen MR) is 85.1 cm³/mol. The highest BCUT2D eigenvalue weighted by molar-refractivity contribution is 5.92. The van der Waals surface area contributed by atoms with Gasteiger partial charge in [-0.05, 0) is 34.7 Å². The Hall–Kier alpha value is -2.59. The standard InChI is InChI=1S/C17H17N3O/c18-10-12-1-3-13(4-2-12)11-20-17-16-9-15(21)6-5-14(16)7-8-19-17/h1-9,21H,10-11,18H2,(H,19,20). The summed E-state index contributed by atoms with van der Waals surface area (Å²) in [6.07, 6.45) is 1.76. The van der Waals surface area contributed by atoms with Gasteiger partial charge in [-0.1, -0.05) is 30.3 Å². The van der Waals surface area contributed by atoms with Crippen molar-refractivity contribution < 1.29 is 5.11 Å². The Morgan fingerprint density at radius 2 is 1.76 bits per heavy atom. The number of nitrogens with two attached hydrogens (primary N) is 1. The van der Waals surface area contributed by atoms with Gasteiger partial charge in [-0.3, -0.25) is 0 Å². The molecule has 4 N–H and O–H groups in total. The van der Waals surface area contributed by atoms with E-state index in [1.807, 2.05) is 24.3 Å². The SMILES string of the molecule is NCc1ccc(CNc2nccc3ccc(O)cc23)cc1. The third kappa shape index (κ3) is 2.95. The van der Waals surface area contributed by atoms with Gasteiger partial charge in [-0.2, -0.15) is 0 Å². The molecule has 0 aliphatic rings. The van der Waals surface area contributed by atoms with Crippen molar-refractivity contribution in [3.63, 3.8) is 0 Å². The summed E-state index contributed by atoms with van der Waals surface area (Å²) in [5.74, 6) is 1.01. The third-order valence-electron chi connectivity index (χ3n) is 3.47. The molecule has 0 amide bonds. The van der Waals surface area contributed by atoms with Crippen molar-refractivity contribution in [3.05, 3.63) is 65.9 Å². The van der Waals surface area contributed by atoms with Gasteiger partial charge in [0.2, 0.25) is 0 Å². The van der Waals surface area contributed by atoms with Gasteiger partial charge in [-0.25, -0.2) is 4.98 Å². The topological polar surface area (TPSA) is 71.2 Å². The van der Waals surface area contributed by atoms with Gasteiger partial charge < -0.3 is 16.2 Å². The molecule has 0 fully saturated rings. The average molecular weight is 279 g/mol. The van der Waals surface area contributed by atoms with E-state index in [9.17, 15) is 5.11 Å². The van der Waals surface area contributed by atoms with Crippen LogP contribution in [0.25, 0.3) is 10.8 Å². The zero-order chi connectivity index (χ0) is 14.7. The summed E-state index contributed by atoms with van der Waals surface area (Å²) in [7, 11) is 0. The van der Waals surface area contributed by atoms with Gasteiger partial charge in [0.05, 0.1) is 0 Å². The van der Waals surface area contributed by atoms with E-state index in [0.717, 1.165) is 27.7 Å². The Balaban J connectivity index is 1.82. The maximum absolute atomic E-state index is 9.63. The number of nitrogens with one attached hydrogen (secondary N) is 1. The quantitative estimate of drug-likeness (QED) is 0.686. The van der Waals surface area contributed by atoms with Crippen LogP contribution in [0.2, 0.25) is 0 Å². The van der Waals surface area contributed by atoms with Crippen LogP contribution in [0.4, 0.5) is 5.82 Å². The summed E-state index contributed by atoms with van der Waals surface area (Å²) in [4.78, 5) is 4.35. The fourth-order valence-electron chi connectivity index (χ4n) is 2.28. The van der Waals surface area contributed by atoms with Crippen LogP contribution < -0.4 is 11.1 Å². The lowest BCUT2D eigenvalue weighted by Gasteiger charge is -2.09. The number of nitrogens with zero attached hydrogens (tertiary/aromatic N) is 1. The van der Waals surface area contributed by atoms with Crippen molar-refractivity contribution >= 4 is 16.6 Å². The van der Waals surface area contributed by atoms with Crippen LogP contribution in [0.1, 0.15) is 11.1 Å². The Kier molecular flexibility index (Phi) is 3.71. The van der Waals surface area contributed by atoms with Gasteiger partial charge >= 0.3 is 0 Å². The van der Waals surface area contributed by atoms with Crippen LogP contribution >= 0.6 is 0 Å². The van der Waals surface area contributed by atoms with Gasteiger partial charge in [0.1, 0.15) is 11.6 Å². The molecule has 0 saturated carbocycles. The molecule has 2 aromatic carbocycles. The van der Waals surface area contributed by atoms with Crippen molar-refractivity contribution in [1.29, 1.82) is 0 Å². The number of fused-ring (bicyclic) bond motifs is 1. The Morgan fingerprint density at radius 1 is 1.00 bits per heavy atom. The fourth-order valence-corrected chi connectivity index (χ4v) is 2.28. The number of phenols is 1. The van der Waals surface area contributed by atoms with E-state index in [2.05, 4.69) is 22.4 Å². The molecule has 1 heterocycles. The zero-order valence-electron chi connectivity index (χ0n) is 11.6. The largest absolute Gasteiger partial charge is 0.508 e. The molecular formula is C17H17N3O. The van der Waals surface area contributed by atoms with Crippen LogP contribution in [-0.2, 0) is 13.1 Å². The first-order chi connectivity index (χ1) is 10.3. The summed E-state index contributed by atoms with van der Waals surface area (Å²) in [5.41, 5.74) is 7.87. The van der Waals surface area contributed by atoms with Gasteiger partial charge in [0.25, 0.3) is 0 Å². The number of phenolic OH excluding ortho intramolecular Hbond substituents is 1. The van der Waals surface area contributed by atoms with E-state index in [0.29, 0.717) is 13.1 Å². The molecule has 3 rings (SSSR count). The molecule has 0 bridgehead atoms. The highest BCUT2D eigenvalue weighted by Crippen LogP contribution is 2.25. The lowest BCUT2D eigenvalue weighted by Crippen LogP contribution is -2.02. The molecule has 3 aromatic rings. The summed E-state index contributed by atoms with van der Waals surface area (Å²) >= 11 is 0. The molecule has 1 aromatic heterocycles. The minimum Gasteiger partial charge on any atom is -0.508 e. The molecule has 0 saturated heterocycles. The highest BCUT2D eigenvalue weighted by Gasteiger charge is 2.03. The van der Waals surface area contributed by atoms with Crippen LogP contribution in [0.3, 0.4) is 0 Å².